The lowest BCUT2D eigenvalue weighted by molar-refractivity contribution is -0.122. The molecule has 0 spiro atoms. The first-order valence-corrected chi connectivity index (χ1v) is 8.44. The van der Waals surface area contributed by atoms with Crippen LogP contribution in [0.1, 0.15) is 44.6 Å². The van der Waals surface area contributed by atoms with Gasteiger partial charge in [-0.15, -0.1) is 0 Å². The molecule has 122 valence electrons. The third-order valence-electron chi connectivity index (χ3n) is 4.54. The van der Waals surface area contributed by atoms with Crippen LogP contribution in [-0.4, -0.2) is 42.1 Å². The Labute approximate surface area is 133 Å². The first-order chi connectivity index (χ1) is 10.7. The predicted octanol–water partition coefficient (Wildman–Crippen LogP) is 2.73. The summed E-state index contributed by atoms with van der Waals surface area (Å²) in [5.41, 5.74) is 1.15. The van der Waals surface area contributed by atoms with E-state index in [1.54, 1.807) is 12.1 Å². The van der Waals surface area contributed by atoms with Crippen LogP contribution in [0, 0.1) is 5.92 Å². The molecule has 2 N–H and O–H groups in total. The van der Waals surface area contributed by atoms with Crippen molar-refractivity contribution in [1.29, 1.82) is 0 Å². The third-order valence-corrected chi connectivity index (χ3v) is 4.54. The number of benzene rings is 1. The van der Waals surface area contributed by atoms with Crippen molar-refractivity contribution in [2.45, 2.75) is 39.0 Å². The normalized spacial score (nSPS) is 20.1. The van der Waals surface area contributed by atoms with E-state index in [4.69, 9.17) is 0 Å². The van der Waals surface area contributed by atoms with Crippen LogP contribution in [0.2, 0.25) is 0 Å². The average Bonchev–Trinajstić information content (AvgIpc) is 3.32. The highest BCUT2D eigenvalue weighted by Crippen LogP contribution is 2.47. The van der Waals surface area contributed by atoms with Crippen molar-refractivity contribution in [3.63, 3.8) is 0 Å². The van der Waals surface area contributed by atoms with E-state index >= 15 is 0 Å². The smallest absolute Gasteiger partial charge is 0.223 e. The van der Waals surface area contributed by atoms with Gasteiger partial charge in [-0.3, -0.25) is 4.79 Å². The van der Waals surface area contributed by atoms with Gasteiger partial charge in [0.05, 0.1) is 0 Å². The average molecular weight is 304 g/mol. The molecule has 0 heterocycles. The van der Waals surface area contributed by atoms with Gasteiger partial charge in [-0.05, 0) is 62.5 Å². The van der Waals surface area contributed by atoms with Crippen LogP contribution in [0.25, 0.3) is 0 Å². The van der Waals surface area contributed by atoms with E-state index < -0.39 is 0 Å². The van der Waals surface area contributed by atoms with Gasteiger partial charge in [0.25, 0.3) is 0 Å². The molecule has 1 aliphatic carbocycles. The Morgan fingerprint density at radius 1 is 1.23 bits per heavy atom. The fraction of sp³-hybridized carbons (Fsp3) is 0.611. The Morgan fingerprint density at radius 3 is 2.55 bits per heavy atom. The number of nitrogens with one attached hydrogen (secondary N) is 1. The van der Waals surface area contributed by atoms with Gasteiger partial charge in [0.1, 0.15) is 5.75 Å². The Balaban J connectivity index is 1.62. The van der Waals surface area contributed by atoms with Crippen LogP contribution in [0.5, 0.6) is 5.75 Å². The molecule has 4 heteroatoms. The van der Waals surface area contributed by atoms with Gasteiger partial charge >= 0.3 is 0 Å². The number of carbonyl (C=O) groups excluding carboxylic acids is 1. The maximum Gasteiger partial charge on any atom is 0.223 e. The van der Waals surface area contributed by atoms with Crippen LogP contribution in [0.15, 0.2) is 24.3 Å². The molecular formula is C18H28N2O2. The first kappa shape index (κ1) is 16.8. The van der Waals surface area contributed by atoms with Gasteiger partial charge in [-0.1, -0.05) is 26.0 Å². The Kier molecular flexibility index (Phi) is 6.25. The summed E-state index contributed by atoms with van der Waals surface area (Å²) in [6.07, 6.45) is 3.10. The van der Waals surface area contributed by atoms with E-state index in [0.717, 1.165) is 51.0 Å². The van der Waals surface area contributed by atoms with Crippen LogP contribution in [-0.2, 0) is 4.79 Å². The predicted molar refractivity (Wildman–Crippen MR) is 89.0 cm³/mol. The molecule has 1 saturated carbocycles. The highest BCUT2D eigenvalue weighted by molar-refractivity contribution is 5.82. The highest BCUT2D eigenvalue weighted by atomic mass is 16.3. The van der Waals surface area contributed by atoms with Gasteiger partial charge in [0, 0.05) is 12.5 Å². The maximum atomic E-state index is 12.1. The van der Waals surface area contributed by atoms with Crippen molar-refractivity contribution in [3.05, 3.63) is 29.8 Å². The zero-order valence-electron chi connectivity index (χ0n) is 13.7. The molecule has 0 aliphatic heterocycles. The monoisotopic (exact) mass is 304 g/mol. The third kappa shape index (κ3) is 4.73. The summed E-state index contributed by atoms with van der Waals surface area (Å²) in [4.78, 5) is 14.5. The number of aromatic hydroxyl groups is 1. The first-order valence-electron chi connectivity index (χ1n) is 8.44. The Morgan fingerprint density at radius 2 is 1.91 bits per heavy atom. The number of amides is 1. The summed E-state index contributed by atoms with van der Waals surface area (Å²) in [6, 6.07) is 7.21. The molecule has 0 bridgehead atoms. The van der Waals surface area contributed by atoms with E-state index in [9.17, 15) is 9.90 Å². The zero-order valence-corrected chi connectivity index (χ0v) is 13.7. The molecule has 1 aliphatic rings. The summed E-state index contributed by atoms with van der Waals surface area (Å²) in [7, 11) is 0. The van der Waals surface area contributed by atoms with Crippen molar-refractivity contribution in [2.24, 2.45) is 5.92 Å². The molecule has 2 unspecified atom stereocenters. The highest BCUT2D eigenvalue weighted by Gasteiger charge is 2.43. The van der Waals surface area contributed by atoms with Gasteiger partial charge < -0.3 is 15.3 Å². The molecule has 0 radical (unpaired) electrons. The van der Waals surface area contributed by atoms with Gasteiger partial charge in [-0.2, -0.15) is 0 Å². The van der Waals surface area contributed by atoms with Crippen molar-refractivity contribution in [1.82, 2.24) is 10.2 Å². The van der Waals surface area contributed by atoms with Gasteiger partial charge in [0.15, 0.2) is 0 Å². The SMILES string of the molecule is CCN(CC)CCCCNC(=O)C1CC1c1ccc(O)cc1. The van der Waals surface area contributed by atoms with E-state index in [-0.39, 0.29) is 17.6 Å². The van der Waals surface area contributed by atoms with E-state index in [0.29, 0.717) is 5.92 Å². The summed E-state index contributed by atoms with van der Waals surface area (Å²) >= 11 is 0. The fourth-order valence-electron chi connectivity index (χ4n) is 2.92. The fourth-order valence-corrected chi connectivity index (χ4v) is 2.92. The zero-order chi connectivity index (χ0) is 15.9. The molecular weight excluding hydrogens is 276 g/mol. The lowest BCUT2D eigenvalue weighted by Crippen LogP contribution is -2.28. The molecule has 4 nitrogen and oxygen atoms in total. The number of hydrogen-bond donors (Lipinski definition) is 2. The number of phenolic OH excluding ortho intramolecular Hbond substituents is 1. The van der Waals surface area contributed by atoms with Crippen molar-refractivity contribution in [3.8, 4) is 5.75 Å². The van der Waals surface area contributed by atoms with Crippen LogP contribution in [0.3, 0.4) is 0 Å². The second kappa shape index (κ2) is 8.18. The van der Waals surface area contributed by atoms with Crippen LogP contribution in [0.4, 0.5) is 0 Å². The summed E-state index contributed by atoms with van der Waals surface area (Å²) in [5.74, 6) is 0.906. The van der Waals surface area contributed by atoms with E-state index in [1.165, 1.54) is 0 Å². The van der Waals surface area contributed by atoms with E-state index in [1.807, 2.05) is 12.1 Å². The topological polar surface area (TPSA) is 52.6 Å². The van der Waals surface area contributed by atoms with Crippen molar-refractivity contribution in [2.75, 3.05) is 26.2 Å². The molecule has 1 aromatic rings. The van der Waals surface area contributed by atoms with Crippen molar-refractivity contribution >= 4 is 5.91 Å². The molecule has 2 rings (SSSR count). The minimum Gasteiger partial charge on any atom is -0.508 e. The standard InChI is InChI=1S/C18H28N2O2/c1-3-20(4-2)12-6-5-11-19-18(22)17-13-16(17)14-7-9-15(21)10-8-14/h7-10,16-17,21H,3-6,11-13H2,1-2H3,(H,19,22). The second-order valence-corrected chi connectivity index (χ2v) is 6.07. The largest absolute Gasteiger partial charge is 0.508 e. The molecule has 0 saturated heterocycles. The number of nitrogens with zero attached hydrogens (tertiary/aromatic N) is 1. The molecule has 2 atom stereocenters. The molecule has 1 fully saturated rings. The lowest BCUT2D eigenvalue weighted by atomic mass is 10.1. The minimum absolute atomic E-state index is 0.118. The lowest BCUT2D eigenvalue weighted by Gasteiger charge is -2.17. The summed E-state index contributed by atoms with van der Waals surface area (Å²) in [5, 5.41) is 12.4. The number of rotatable bonds is 9. The molecule has 0 aromatic heterocycles. The number of carbonyl (C=O) groups is 1. The van der Waals surface area contributed by atoms with Gasteiger partial charge in [-0.25, -0.2) is 0 Å². The minimum atomic E-state index is 0.118. The number of hydrogen-bond acceptors (Lipinski definition) is 3. The van der Waals surface area contributed by atoms with E-state index in [2.05, 4.69) is 24.1 Å². The number of unbranched alkanes of at least 4 members (excludes halogenated alkanes) is 1. The second-order valence-electron chi connectivity index (χ2n) is 6.07. The molecule has 1 amide bonds. The summed E-state index contributed by atoms with van der Waals surface area (Å²) < 4.78 is 0. The number of phenols is 1. The van der Waals surface area contributed by atoms with Crippen LogP contribution < -0.4 is 5.32 Å². The Hall–Kier alpha value is -1.55. The molecule has 1 aromatic carbocycles. The quantitative estimate of drug-likeness (QED) is 0.690. The van der Waals surface area contributed by atoms with Crippen molar-refractivity contribution < 1.29 is 9.90 Å². The summed E-state index contributed by atoms with van der Waals surface area (Å²) in [6.45, 7) is 8.45. The van der Waals surface area contributed by atoms with Crippen LogP contribution >= 0.6 is 0 Å². The maximum absolute atomic E-state index is 12.1. The Bertz CT molecular complexity index is 468. The van der Waals surface area contributed by atoms with Gasteiger partial charge in [0.2, 0.25) is 5.91 Å². The molecule has 22 heavy (non-hydrogen) atoms.